The van der Waals surface area contributed by atoms with Gasteiger partial charge in [0.2, 0.25) is 0 Å². The van der Waals surface area contributed by atoms with Gasteiger partial charge in [0.1, 0.15) is 0 Å². The van der Waals surface area contributed by atoms with Crippen molar-refractivity contribution < 1.29 is 9.53 Å². The lowest BCUT2D eigenvalue weighted by Crippen LogP contribution is -2.04. The minimum absolute atomic E-state index is 0.0435. The van der Waals surface area contributed by atoms with Crippen LogP contribution >= 0.6 is 15.9 Å². The van der Waals surface area contributed by atoms with E-state index in [4.69, 9.17) is 4.74 Å². The van der Waals surface area contributed by atoms with Crippen LogP contribution in [0.3, 0.4) is 0 Å². The zero-order valence-electron chi connectivity index (χ0n) is 10.2. The first-order valence-electron chi connectivity index (χ1n) is 5.94. The summed E-state index contributed by atoms with van der Waals surface area (Å²) in [5.74, 6) is 0.637. The van der Waals surface area contributed by atoms with E-state index < -0.39 is 0 Å². The van der Waals surface area contributed by atoms with Crippen LogP contribution in [0.2, 0.25) is 0 Å². The molecule has 1 aliphatic rings. The number of esters is 1. The predicted octanol–water partition coefficient (Wildman–Crippen LogP) is 3.50. The zero-order valence-corrected chi connectivity index (χ0v) is 11.8. The smallest absolute Gasteiger partial charge is 0.308 e. The molecular formula is C14H17BrO2. The van der Waals surface area contributed by atoms with Crippen molar-refractivity contribution in [2.45, 2.75) is 26.2 Å². The second kappa shape index (κ2) is 5.21. The van der Waals surface area contributed by atoms with E-state index in [-0.39, 0.29) is 11.9 Å². The highest BCUT2D eigenvalue weighted by Crippen LogP contribution is 2.43. The molecule has 1 aromatic carbocycles. The molecule has 0 amide bonds. The van der Waals surface area contributed by atoms with Crippen LogP contribution in [-0.4, -0.2) is 13.1 Å². The second-order valence-electron chi connectivity index (χ2n) is 4.76. The van der Waals surface area contributed by atoms with Crippen LogP contribution in [0.5, 0.6) is 0 Å². The van der Waals surface area contributed by atoms with E-state index in [0.717, 1.165) is 19.3 Å². The lowest BCUT2D eigenvalue weighted by molar-refractivity contribution is -0.142. The summed E-state index contributed by atoms with van der Waals surface area (Å²) in [6.07, 6.45) is 3.09. The van der Waals surface area contributed by atoms with Crippen LogP contribution in [0.15, 0.2) is 22.7 Å². The number of carbonyl (C=O) groups excluding carboxylic acids is 1. The fourth-order valence-electron chi connectivity index (χ4n) is 2.20. The molecule has 2 unspecified atom stereocenters. The average molecular weight is 297 g/mol. The summed E-state index contributed by atoms with van der Waals surface area (Å²) in [5, 5.41) is 0. The fourth-order valence-corrected chi connectivity index (χ4v) is 2.89. The van der Waals surface area contributed by atoms with Gasteiger partial charge in [-0.1, -0.05) is 28.1 Å². The lowest BCUT2D eigenvalue weighted by Gasteiger charge is -2.05. The molecule has 17 heavy (non-hydrogen) atoms. The van der Waals surface area contributed by atoms with Gasteiger partial charge in [-0.05, 0) is 49.3 Å². The molecule has 0 N–H and O–H groups in total. The van der Waals surface area contributed by atoms with Gasteiger partial charge >= 0.3 is 5.97 Å². The SMILES string of the molecule is COC(=O)C1CC1CCc1ccc(C)cc1Br. The summed E-state index contributed by atoms with van der Waals surface area (Å²) >= 11 is 3.58. The van der Waals surface area contributed by atoms with Crippen LogP contribution in [0.25, 0.3) is 0 Å². The Balaban J connectivity index is 1.85. The van der Waals surface area contributed by atoms with Crippen LogP contribution in [-0.2, 0) is 16.0 Å². The molecular weight excluding hydrogens is 280 g/mol. The topological polar surface area (TPSA) is 26.3 Å². The number of benzene rings is 1. The molecule has 1 aromatic rings. The van der Waals surface area contributed by atoms with Gasteiger partial charge in [0, 0.05) is 4.47 Å². The van der Waals surface area contributed by atoms with Crippen LogP contribution < -0.4 is 0 Å². The van der Waals surface area contributed by atoms with Crippen LogP contribution in [0.4, 0.5) is 0 Å². The molecule has 1 saturated carbocycles. The molecule has 0 aromatic heterocycles. The Hall–Kier alpha value is -0.830. The number of hydrogen-bond acceptors (Lipinski definition) is 2. The number of ether oxygens (including phenoxy) is 1. The highest BCUT2D eigenvalue weighted by molar-refractivity contribution is 9.10. The monoisotopic (exact) mass is 296 g/mol. The number of aryl methyl sites for hydroxylation is 2. The first-order chi connectivity index (χ1) is 8.11. The molecule has 2 nitrogen and oxygen atoms in total. The maximum absolute atomic E-state index is 11.3. The first kappa shape index (κ1) is 12.6. The van der Waals surface area contributed by atoms with Crippen LogP contribution in [0, 0.1) is 18.8 Å². The van der Waals surface area contributed by atoms with Crippen molar-refractivity contribution in [2.75, 3.05) is 7.11 Å². The van der Waals surface area contributed by atoms with Gasteiger partial charge in [-0.15, -0.1) is 0 Å². The zero-order chi connectivity index (χ0) is 12.4. The van der Waals surface area contributed by atoms with E-state index in [1.807, 2.05) is 0 Å². The van der Waals surface area contributed by atoms with Gasteiger partial charge in [-0.25, -0.2) is 0 Å². The first-order valence-corrected chi connectivity index (χ1v) is 6.74. The number of rotatable bonds is 4. The van der Waals surface area contributed by atoms with Gasteiger partial charge in [0.05, 0.1) is 13.0 Å². The molecule has 2 atom stereocenters. The van der Waals surface area contributed by atoms with E-state index in [1.54, 1.807) is 0 Å². The molecule has 1 fully saturated rings. The fraction of sp³-hybridized carbons (Fsp3) is 0.500. The second-order valence-corrected chi connectivity index (χ2v) is 5.61. The molecule has 0 heterocycles. The Kier molecular flexibility index (Phi) is 3.87. The van der Waals surface area contributed by atoms with Gasteiger partial charge in [-0.3, -0.25) is 4.79 Å². The Morgan fingerprint density at radius 1 is 1.53 bits per heavy atom. The largest absolute Gasteiger partial charge is 0.469 e. The Bertz CT molecular complexity index is 428. The van der Waals surface area contributed by atoms with Gasteiger partial charge < -0.3 is 4.74 Å². The molecule has 0 radical (unpaired) electrons. The number of methoxy groups -OCH3 is 1. The number of halogens is 1. The molecule has 3 heteroatoms. The average Bonchev–Trinajstić information content (AvgIpc) is 3.06. The normalized spacial score (nSPS) is 22.3. The van der Waals surface area contributed by atoms with Gasteiger partial charge in [0.15, 0.2) is 0 Å². The highest BCUT2D eigenvalue weighted by Gasteiger charge is 2.43. The number of hydrogen-bond donors (Lipinski definition) is 0. The quantitative estimate of drug-likeness (QED) is 0.795. The Morgan fingerprint density at radius 2 is 2.29 bits per heavy atom. The van der Waals surface area contributed by atoms with Crippen molar-refractivity contribution in [1.82, 2.24) is 0 Å². The van der Waals surface area contributed by atoms with E-state index in [1.165, 1.54) is 22.7 Å². The maximum atomic E-state index is 11.3. The van der Waals surface area contributed by atoms with Gasteiger partial charge in [-0.2, -0.15) is 0 Å². The molecule has 0 aliphatic heterocycles. The van der Waals surface area contributed by atoms with Crippen molar-refractivity contribution in [3.8, 4) is 0 Å². The standard InChI is InChI=1S/C14H17BrO2/c1-9-3-4-10(13(15)7-9)5-6-11-8-12(11)14(16)17-2/h3-4,7,11-12H,5-6,8H2,1-2H3. The molecule has 1 aliphatic carbocycles. The van der Waals surface area contributed by atoms with Crippen molar-refractivity contribution in [3.63, 3.8) is 0 Å². The molecule has 0 spiro atoms. The number of carbonyl (C=O) groups is 1. The molecule has 2 rings (SSSR count). The van der Waals surface area contributed by atoms with Crippen molar-refractivity contribution in [3.05, 3.63) is 33.8 Å². The Labute approximate surface area is 110 Å². The summed E-state index contributed by atoms with van der Waals surface area (Å²) in [6.45, 7) is 2.09. The van der Waals surface area contributed by atoms with Crippen molar-refractivity contribution in [2.24, 2.45) is 11.8 Å². The van der Waals surface area contributed by atoms with Crippen molar-refractivity contribution >= 4 is 21.9 Å². The third kappa shape index (κ3) is 3.09. The maximum Gasteiger partial charge on any atom is 0.308 e. The highest BCUT2D eigenvalue weighted by atomic mass is 79.9. The summed E-state index contributed by atoms with van der Waals surface area (Å²) in [7, 11) is 1.47. The third-order valence-electron chi connectivity index (χ3n) is 3.42. The lowest BCUT2D eigenvalue weighted by atomic mass is 10.1. The third-order valence-corrected chi connectivity index (χ3v) is 4.16. The van der Waals surface area contributed by atoms with Crippen LogP contribution in [0.1, 0.15) is 24.0 Å². The molecule has 0 saturated heterocycles. The molecule has 0 bridgehead atoms. The minimum atomic E-state index is -0.0435. The van der Waals surface area contributed by atoms with E-state index in [0.29, 0.717) is 5.92 Å². The Morgan fingerprint density at radius 3 is 2.94 bits per heavy atom. The molecule has 92 valence electrons. The van der Waals surface area contributed by atoms with E-state index >= 15 is 0 Å². The van der Waals surface area contributed by atoms with E-state index in [2.05, 4.69) is 41.1 Å². The minimum Gasteiger partial charge on any atom is -0.469 e. The summed E-state index contributed by atoms with van der Waals surface area (Å²) in [6, 6.07) is 6.43. The summed E-state index contributed by atoms with van der Waals surface area (Å²) in [4.78, 5) is 11.3. The summed E-state index contributed by atoms with van der Waals surface area (Å²) in [5.41, 5.74) is 2.59. The predicted molar refractivity (Wildman–Crippen MR) is 70.8 cm³/mol. The summed E-state index contributed by atoms with van der Waals surface area (Å²) < 4.78 is 5.92. The van der Waals surface area contributed by atoms with Crippen molar-refractivity contribution in [1.29, 1.82) is 0 Å². The van der Waals surface area contributed by atoms with E-state index in [9.17, 15) is 4.79 Å². The van der Waals surface area contributed by atoms with Gasteiger partial charge in [0.25, 0.3) is 0 Å².